The Morgan fingerprint density at radius 3 is 1.67 bits per heavy atom. The molecule has 15 heavy (non-hydrogen) atoms. The van der Waals surface area contributed by atoms with E-state index >= 15 is 0 Å². The van der Waals surface area contributed by atoms with E-state index in [-0.39, 0.29) is 12.0 Å². The van der Waals surface area contributed by atoms with Crippen LogP contribution >= 0.6 is 11.6 Å². The Balaban J connectivity index is 4.44. The van der Waals surface area contributed by atoms with Gasteiger partial charge in [-0.1, -0.05) is 20.8 Å². The first-order valence-corrected chi connectivity index (χ1v) is 6.67. The highest BCUT2D eigenvalue weighted by atomic mass is 35.5. The third kappa shape index (κ3) is 5.74. The molecular formula is C12H27ClNO+. The minimum Gasteiger partial charge on any atom is -0.395 e. The van der Waals surface area contributed by atoms with Crippen molar-refractivity contribution in [3.05, 3.63) is 0 Å². The van der Waals surface area contributed by atoms with E-state index in [1.807, 2.05) is 0 Å². The molecule has 0 aliphatic heterocycles. The van der Waals surface area contributed by atoms with Crippen LogP contribution in [0.25, 0.3) is 0 Å². The first kappa shape index (κ1) is 15.2. The number of halogens is 1. The van der Waals surface area contributed by atoms with Gasteiger partial charge in [0.1, 0.15) is 5.38 Å². The average molecular weight is 237 g/mol. The molecule has 0 aromatic heterocycles. The van der Waals surface area contributed by atoms with Gasteiger partial charge in [0.25, 0.3) is 0 Å². The van der Waals surface area contributed by atoms with Gasteiger partial charge < -0.3 is 9.59 Å². The van der Waals surface area contributed by atoms with Crippen LogP contribution in [0.4, 0.5) is 0 Å². The molecule has 92 valence electrons. The van der Waals surface area contributed by atoms with Gasteiger partial charge in [-0.05, 0) is 19.3 Å². The molecule has 1 N–H and O–H groups in total. The Morgan fingerprint density at radius 2 is 1.40 bits per heavy atom. The van der Waals surface area contributed by atoms with Gasteiger partial charge in [0, 0.05) is 0 Å². The van der Waals surface area contributed by atoms with Gasteiger partial charge in [-0.2, -0.15) is 0 Å². The molecule has 1 unspecified atom stereocenters. The second-order valence-electron chi connectivity index (χ2n) is 4.47. The van der Waals surface area contributed by atoms with Gasteiger partial charge in [-0.15, -0.1) is 11.6 Å². The molecule has 0 aromatic rings. The highest BCUT2D eigenvalue weighted by Gasteiger charge is 2.27. The summed E-state index contributed by atoms with van der Waals surface area (Å²) in [5, 5.41) is 8.97. The maximum atomic E-state index is 9.06. The van der Waals surface area contributed by atoms with E-state index in [2.05, 4.69) is 20.8 Å². The van der Waals surface area contributed by atoms with Gasteiger partial charge >= 0.3 is 0 Å². The molecule has 0 aromatic carbocycles. The smallest absolute Gasteiger partial charge is 0.106 e. The van der Waals surface area contributed by atoms with Crippen LogP contribution in [0.2, 0.25) is 0 Å². The Bertz CT molecular complexity index is 136. The van der Waals surface area contributed by atoms with Crippen LogP contribution in [0, 0.1) is 0 Å². The normalized spacial score (nSPS) is 14.2. The van der Waals surface area contributed by atoms with Crippen LogP contribution in [0.5, 0.6) is 0 Å². The quantitative estimate of drug-likeness (QED) is 0.482. The molecule has 3 heteroatoms. The monoisotopic (exact) mass is 236 g/mol. The minimum absolute atomic E-state index is 0.0883. The van der Waals surface area contributed by atoms with E-state index in [4.69, 9.17) is 16.7 Å². The van der Waals surface area contributed by atoms with Gasteiger partial charge in [0.15, 0.2) is 0 Å². The third-order valence-electron chi connectivity index (χ3n) is 2.88. The highest BCUT2D eigenvalue weighted by Crippen LogP contribution is 2.15. The summed E-state index contributed by atoms with van der Waals surface area (Å²) in [7, 11) is 0. The van der Waals surface area contributed by atoms with Crippen molar-refractivity contribution in [3.63, 3.8) is 0 Å². The Kier molecular flexibility index (Phi) is 8.49. The number of hydrogen-bond donors (Lipinski definition) is 1. The van der Waals surface area contributed by atoms with Crippen LogP contribution in [-0.4, -0.2) is 47.8 Å². The summed E-state index contributed by atoms with van der Waals surface area (Å²) in [6, 6.07) is 0. The lowest BCUT2D eigenvalue weighted by atomic mass is 10.2. The molecule has 0 saturated carbocycles. The minimum atomic E-state index is -0.0883. The second-order valence-corrected chi connectivity index (χ2v) is 5.09. The zero-order chi connectivity index (χ0) is 11.7. The molecule has 0 bridgehead atoms. The fourth-order valence-electron chi connectivity index (χ4n) is 2.51. The number of alkyl halides is 1. The zero-order valence-electron chi connectivity index (χ0n) is 10.5. The van der Waals surface area contributed by atoms with Crippen LogP contribution in [0.1, 0.15) is 40.0 Å². The Morgan fingerprint density at radius 1 is 1.00 bits per heavy atom. The van der Waals surface area contributed by atoms with Gasteiger partial charge in [-0.3, -0.25) is 0 Å². The van der Waals surface area contributed by atoms with E-state index in [1.54, 1.807) is 0 Å². The van der Waals surface area contributed by atoms with Crippen LogP contribution < -0.4 is 0 Å². The summed E-state index contributed by atoms with van der Waals surface area (Å²) in [6.07, 6.45) is 3.57. The summed E-state index contributed by atoms with van der Waals surface area (Å²) in [6.45, 7) is 11.2. The standard InChI is InChI=1S/C12H27ClNO/c1-4-7-14(8-5-2,9-6-3)10-12(13)11-15/h12,15H,4-11H2,1-3H3/q+1. The van der Waals surface area contributed by atoms with E-state index in [0.29, 0.717) is 0 Å². The van der Waals surface area contributed by atoms with Crippen molar-refractivity contribution in [1.29, 1.82) is 0 Å². The molecule has 0 aliphatic rings. The summed E-state index contributed by atoms with van der Waals surface area (Å²) >= 11 is 6.09. The number of nitrogens with zero attached hydrogens (tertiary/aromatic N) is 1. The average Bonchev–Trinajstić information content (AvgIpc) is 2.18. The predicted molar refractivity (Wildman–Crippen MR) is 67.3 cm³/mol. The van der Waals surface area contributed by atoms with Crippen molar-refractivity contribution < 1.29 is 9.59 Å². The van der Waals surface area contributed by atoms with E-state index < -0.39 is 0 Å². The van der Waals surface area contributed by atoms with Crippen LogP contribution in [-0.2, 0) is 0 Å². The van der Waals surface area contributed by atoms with Gasteiger partial charge in [0.05, 0.1) is 32.8 Å². The van der Waals surface area contributed by atoms with E-state index in [9.17, 15) is 0 Å². The fourth-order valence-corrected chi connectivity index (χ4v) is 2.80. The Labute approximate surface area is 99.8 Å². The molecular weight excluding hydrogens is 210 g/mol. The molecule has 0 radical (unpaired) electrons. The molecule has 0 amide bonds. The van der Waals surface area contributed by atoms with E-state index in [0.717, 1.165) is 11.0 Å². The lowest BCUT2D eigenvalue weighted by Gasteiger charge is -2.39. The van der Waals surface area contributed by atoms with Crippen LogP contribution in [0.3, 0.4) is 0 Å². The molecule has 0 rings (SSSR count). The summed E-state index contributed by atoms with van der Waals surface area (Å²) in [5.74, 6) is 0. The van der Waals surface area contributed by atoms with Gasteiger partial charge in [-0.25, -0.2) is 0 Å². The predicted octanol–water partition coefficient (Wildman–Crippen LogP) is 2.63. The van der Waals surface area contributed by atoms with Crippen molar-refractivity contribution in [2.45, 2.75) is 45.4 Å². The summed E-state index contributed by atoms with van der Waals surface area (Å²) in [4.78, 5) is 0. The zero-order valence-corrected chi connectivity index (χ0v) is 11.3. The molecule has 2 nitrogen and oxygen atoms in total. The number of hydrogen-bond acceptors (Lipinski definition) is 1. The number of quaternary nitrogens is 1. The SMILES string of the molecule is CCC[N+](CCC)(CCC)CC(Cl)CO. The summed E-state index contributed by atoms with van der Waals surface area (Å²) < 4.78 is 1.08. The van der Waals surface area contributed by atoms with Crippen molar-refractivity contribution >= 4 is 11.6 Å². The van der Waals surface area contributed by atoms with Crippen molar-refractivity contribution in [1.82, 2.24) is 0 Å². The first-order chi connectivity index (χ1) is 7.14. The maximum Gasteiger partial charge on any atom is 0.106 e. The number of rotatable bonds is 9. The fraction of sp³-hybridized carbons (Fsp3) is 1.00. The highest BCUT2D eigenvalue weighted by molar-refractivity contribution is 6.20. The van der Waals surface area contributed by atoms with Crippen LogP contribution in [0.15, 0.2) is 0 Å². The lowest BCUT2D eigenvalue weighted by Crippen LogP contribution is -2.53. The largest absolute Gasteiger partial charge is 0.395 e. The second kappa shape index (κ2) is 8.37. The maximum absolute atomic E-state index is 9.06. The number of aliphatic hydroxyl groups excluding tert-OH is 1. The molecule has 0 heterocycles. The first-order valence-electron chi connectivity index (χ1n) is 6.24. The molecule has 0 aliphatic carbocycles. The Hall–Kier alpha value is 0.210. The molecule has 0 saturated heterocycles. The van der Waals surface area contributed by atoms with Crippen molar-refractivity contribution in [2.24, 2.45) is 0 Å². The van der Waals surface area contributed by atoms with Gasteiger partial charge in [0.2, 0.25) is 0 Å². The summed E-state index contributed by atoms with van der Waals surface area (Å²) in [5.41, 5.74) is 0. The topological polar surface area (TPSA) is 20.2 Å². The van der Waals surface area contributed by atoms with Crippen molar-refractivity contribution in [3.8, 4) is 0 Å². The molecule has 1 atom stereocenters. The third-order valence-corrected chi connectivity index (χ3v) is 3.15. The lowest BCUT2D eigenvalue weighted by molar-refractivity contribution is -0.928. The van der Waals surface area contributed by atoms with Crippen molar-refractivity contribution in [2.75, 3.05) is 32.8 Å². The number of aliphatic hydroxyl groups is 1. The molecule has 0 spiro atoms. The van der Waals surface area contributed by atoms with E-state index in [1.165, 1.54) is 38.9 Å². The molecule has 0 fully saturated rings.